The Hall–Kier alpha value is -1.99. The molecule has 0 bridgehead atoms. The van der Waals surface area contributed by atoms with Crippen molar-refractivity contribution in [3.63, 3.8) is 0 Å². The molecule has 1 unspecified atom stereocenters. The van der Waals surface area contributed by atoms with E-state index in [2.05, 4.69) is 17.6 Å². The molecule has 8 heteroatoms. The number of benzene rings is 1. The maximum Gasteiger partial charge on any atom is 0.227 e. The van der Waals surface area contributed by atoms with Crippen LogP contribution in [0.25, 0.3) is 0 Å². The average molecular weight is 386 g/mol. The number of halogens is 1. The molecule has 2 rings (SSSR count). The molecule has 1 heterocycles. The number of nitrogens with one attached hydrogen (secondary N) is 2. The zero-order valence-electron chi connectivity index (χ0n) is 15.5. The molecule has 1 atom stereocenters. The molecule has 1 fully saturated rings. The van der Waals surface area contributed by atoms with Gasteiger partial charge in [-0.1, -0.05) is 6.92 Å². The predicted molar refractivity (Wildman–Crippen MR) is 103 cm³/mol. The smallest absolute Gasteiger partial charge is 0.227 e. The highest BCUT2D eigenvalue weighted by molar-refractivity contribution is 6.01. The quantitative estimate of drug-likeness (QED) is 0.631. The molecule has 0 spiro atoms. The lowest BCUT2D eigenvalue weighted by atomic mass is 10.1. The molecule has 146 valence electrons. The van der Waals surface area contributed by atoms with Crippen LogP contribution in [0.4, 0.5) is 5.69 Å². The fourth-order valence-electron chi connectivity index (χ4n) is 2.84. The lowest BCUT2D eigenvalue weighted by Gasteiger charge is -2.20. The van der Waals surface area contributed by atoms with E-state index in [0.29, 0.717) is 30.3 Å². The second kappa shape index (κ2) is 10.9. The first-order valence-electron chi connectivity index (χ1n) is 8.61. The van der Waals surface area contributed by atoms with E-state index in [4.69, 9.17) is 9.47 Å². The Morgan fingerprint density at radius 2 is 2.00 bits per heavy atom. The van der Waals surface area contributed by atoms with Gasteiger partial charge >= 0.3 is 0 Å². The van der Waals surface area contributed by atoms with Crippen molar-refractivity contribution in [1.29, 1.82) is 0 Å². The summed E-state index contributed by atoms with van der Waals surface area (Å²) in [7, 11) is 3.12. The molecule has 0 aromatic heterocycles. The summed E-state index contributed by atoms with van der Waals surface area (Å²) < 4.78 is 10.5. The molecule has 2 N–H and O–H groups in total. The van der Waals surface area contributed by atoms with Crippen molar-refractivity contribution in [3.05, 3.63) is 18.2 Å². The molecule has 1 aliphatic heterocycles. The number of hydrogen-bond acceptors (Lipinski definition) is 5. The summed E-state index contributed by atoms with van der Waals surface area (Å²) in [6, 6.07) is 5.29. The molecule has 2 amide bonds. The average Bonchev–Trinajstić information content (AvgIpc) is 3.02. The molecule has 7 nitrogen and oxygen atoms in total. The molecular formula is C18H28ClN3O4. The Bertz CT molecular complexity index is 612. The fraction of sp³-hybridized carbons (Fsp3) is 0.556. The predicted octanol–water partition coefficient (Wildman–Crippen LogP) is 1.59. The van der Waals surface area contributed by atoms with Gasteiger partial charge < -0.3 is 25.0 Å². The van der Waals surface area contributed by atoms with E-state index in [0.717, 1.165) is 19.5 Å². The fourth-order valence-corrected chi connectivity index (χ4v) is 2.84. The lowest BCUT2D eigenvalue weighted by molar-refractivity contribution is -0.126. The number of methoxy groups -OCH3 is 2. The van der Waals surface area contributed by atoms with E-state index >= 15 is 0 Å². The molecule has 26 heavy (non-hydrogen) atoms. The lowest BCUT2D eigenvalue weighted by Crippen LogP contribution is -2.37. The van der Waals surface area contributed by atoms with Crippen LogP contribution in [0.5, 0.6) is 11.5 Å². The van der Waals surface area contributed by atoms with Gasteiger partial charge in [0.25, 0.3) is 0 Å². The summed E-state index contributed by atoms with van der Waals surface area (Å²) in [6.07, 6.45) is 1.27. The number of carbonyl (C=O) groups is 2. The van der Waals surface area contributed by atoms with E-state index in [9.17, 15) is 9.59 Å². The van der Waals surface area contributed by atoms with Gasteiger partial charge in [0, 0.05) is 32.1 Å². The summed E-state index contributed by atoms with van der Waals surface area (Å²) >= 11 is 0. The van der Waals surface area contributed by atoms with E-state index in [1.165, 1.54) is 0 Å². The third-order valence-electron chi connectivity index (χ3n) is 4.20. The molecule has 1 aromatic carbocycles. The number of rotatable bonds is 9. The minimum absolute atomic E-state index is 0. The zero-order valence-corrected chi connectivity index (χ0v) is 16.4. The summed E-state index contributed by atoms with van der Waals surface area (Å²) in [4.78, 5) is 26.3. The minimum Gasteiger partial charge on any atom is -0.497 e. The van der Waals surface area contributed by atoms with Gasteiger partial charge in [-0.05, 0) is 25.1 Å². The normalized spacial score (nSPS) is 16.2. The summed E-state index contributed by atoms with van der Waals surface area (Å²) in [5, 5.41) is 6.12. The summed E-state index contributed by atoms with van der Waals surface area (Å²) in [5.74, 6) is 0.707. The molecule has 1 aliphatic rings. The highest BCUT2D eigenvalue weighted by atomic mass is 35.5. The third-order valence-corrected chi connectivity index (χ3v) is 4.20. The first-order valence-corrected chi connectivity index (χ1v) is 8.61. The summed E-state index contributed by atoms with van der Waals surface area (Å²) in [5.41, 5.74) is 0.660. The second-order valence-corrected chi connectivity index (χ2v) is 5.98. The van der Waals surface area contributed by atoms with Gasteiger partial charge in [0.05, 0.1) is 25.8 Å². The van der Waals surface area contributed by atoms with E-state index < -0.39 is 0 Å². The number of ether oxygens (including phenoxy) is 2. The van der Waals surface area contributed by atoms with Gasteiger partial charge in [0.2, 0.25) is 11.8 Å². The standard InChI is InChI=1S/C18H27N3O4.ClH/c1-4-7-19-8-9-20-18(23)13-10-17(22)21(12-13)15-6-5-14(24-2)11-16(15)25-3;/h5-6,11,13,19H,4,7-10,12H2,1-3H3,(H,20,23);1H. The highest BCUT2D eigenvalue weighted by Gasteiger charge is 2.36. The first-order chi connectivity index (χ1) is 12.1. The maximum absolute atomic E-state index is 12.4. The number of carbonyl (C=O) groups excluding carboxylic acids is 2. The van der Waals surface area contributed by atoms with Crippen molar-refractivity contribution < 1.29 is 19.1 Å². The Kier molecular flexibility index (Phi) is 9.23. The number of anilines is 1. The van der Waals surface area contributed by atoms with Crippen molar-refractivity contribution in [2.24, 2.45) is 5.92 Å². The van der Waals surface area contributed by atoms with Gasteiger partial charge in [-0.3, -0.25) is 9.59 Å². The minimum atomic E-state index is -0.342. The van der Waals surface area contributed by atoms with E-state index in [-0.39, 0.29) is 36.6 Å². The van der Waals surface area contributed by atoms with E-state index in [1.54, 1.807) is 37.3 Å². The molecule has 1 aromatic rings. The van der Waals surface area contributed by atoms with Crippen LogP contribution in [0.3, 0.4) is 0 Å². The molecule has 0 saturated carbocycles. The third kappa shape index (κ3) is 5.51. The van der Waals surface area contributed by atoms with Gasteiger partial charge in [0.15, 0.2) is 0 Å². The van der Waals surface area contributed by atoms with Crippen LogP contribution in [0, 0.1) is 5.92 Å². The van der Waals surface area contributed by atoms with Crippen molar-refractivity contribution in [2.45, 2.75) is 19.8 Å². The SMILES string of the molecule is CCCNCCNC(=O)C1CC(=O)N(c2ccc(OC)cc2OC)C1.Cl. The largest absolute Gasteiger partial charge is 0.497 e. The Balaban J connectivity index is 0.00000338. The zero-order chi connectivity index (χ0) is 18.2. The molecule has 1 saturated heterocycles. The van der Waals surface area contributed by atoms with Crippen LogP contribution >= 0.6 is 12.4 Å². The van der Waals surface area contributed by atoms with Crippen molar-refractivity contribution >= 4 is 29.9 Å². The van der Waals surface area contributed by atoms with Crippen molar-refractivity contribution in [2.75, 3.05) is 45.3 Å². The topological polar surface area (TPSA) is 79.9 Å². The maximum atomic E-state index is 12.4. The van der Waals surface area contributed by atoms with Crippen LogP contribution in [0.1, 0.15) is 19.8 Å². The number of nitrogens with zero attached hydrogens (tertiary/aromatic N) is 1. The van der Waals surface area contributed by atoms with Crippen molar-refractivity contribution in [1.82, 2.24) is 10.6 Å². The van der Waals surface area contributed by atoms with Gasteiger partial charge in [-0.25, -0.2) is 0 Å². The van der Waals surface area contributed by atoms with Gasteiger partial charge in [-0.15, -0.1) is 12.4 Å². The summed E-state index contributed by atoms with van der Waals surface area (Å²) in [6.45, 7) is 4.68. The molecule has 0 radical (unpaired) electrons. The Morgan fingerprint density at radius 1 is 1.23 bits per heavy atom. The van der Waals surface area contributed by atoms with Crippen LogP contribution in [0.2, 0.25) is 0 Å². The second-order valence-electron chi connectivity index (χ2n) is 5.98. The molecule has 0 aliphatic carbocycles. The van der Waals surface area contributed by atoms with Gasteiger partial charge in [-0.2, -0.15) is 0 Å². The Labute approximate surface area is 160 Å². The molecular weight excluding hydrogens is 358 g/mol. The van der Waals surface area contributed by atoms with E-state index in [1.807, 2.05) is 0 Å². The number of amides is 2. The van der Waals surface area contributed by atoms with Crippen LogP contribution in [0.15, 0.2) is 18.2 Å². The van der Waals surface area contributed by atoms with Crippen LogP contribution in [-0.4, -0.2) is 52.2 Å². The van der Waals surface area contributed by atoms with Crippen LogP contribution in [-0.2, 0) is 9.59 Å². The number of hydrogen-bond donors (Lipinski definition) is 2. The van der Waals surface area contributed by atoms with Crippen LogP contribution < -0.4 is 25.0 Å². The highest BCUT2D eigenvalue weighted by Crippen LogP contribution is 2.35. The van der Waals surface area contributed by atoms with Gasteiger partial charge in [0.1, 0.15) is 11.5 Å². The van der Waals surface area contributed by atoms with Crippen molar-refractivity contribution in [3.8, 4) is 11.5 Å². The monoisotopic (exact) mass is 385 g/mol. The first kappa shape index (κ1) is 22.1. The Morgan fingerprint density at radius 3 is 2.65 bits per heavy atom.